The first kappa shape index (κ1) is 23.5. The molecule has 0 aromatic heterocycles. The van der Waals surface area contributed by atoms with Gasteiger partial charge in [0.25, 0.3) is 0 Å². The second kappa shape index (κ2) is 7.80. The van der Waals surface area contributed by atoms with E-state index in [2.05, 4.69) is 32.0 Å². The fraction of sp³-hybridized carbons (Fsp3) is 0.517. The molecular weight excluding hydrogens is 456 g/mol. The molecule has 2 heterocycles. The smallest absolute Gasteiger partial charge is 0.223 e. The van der Waals surface area contributed by atoms with Gasteiger partial charge in [-0.05, 0) is 81.9 Å². The van der Waals surface area contributed by atoms with Crippen LogP contribution < -0.4 is 4.74 Å². The SMILES string of the molecule is Cc1ccc(CCC(=O)N(C)C2CC[C@@]3(O)[C@H]4C(=O)c5ccc(O)c6c5[C@@]3(CCN4C)C2O6)cc1C. The topological polar surface area (TPSA) is 90.3 Å². The highest BCUT2D eigenvalue weighted by atomic mass is 16.5. The second-order valence-corrected chi connectivity index (χ2v) is 11.3. The molecule has 1 saturated heterocycles. The largest absolute Gasteiger partial charge is 0.504 e. The molecule has 5 atom stereocenters. The van der Waals surface area contributed by atoms with E-state index in [1.807, 2.05) is 19.0 Å². The van der Waals surface area contributed by atoms with Crippen molar-refractivity contribution < 1.29 is 24.5 Å². The zero-order valence-corrected chi connectivity index (χ0v) is 21.4. The van der Waals surface area contributed by atoms with Crippen molar-refractivity contribution in [2.24, 2.45) is 0 Å². The van der Waals surface area contributed by atoms with E-state index in [4.69, 9.17) is 4.74 Å². The van der Waals surface area contributed by atoms with Crippen molar-refractivity contribution in [3.63, 3.8) is 0 Å². The number of Topliss-reactive ketones (excluding diaryl/α,β-unsaturated/α-hetero) is 1. The minimum Gasteiger partial charge on any atom is -0.504 e. The molecule has 2 N–H and O–H groups in total. The summed E-state index contributed by atoms with van der Waals surface area (Å²) in [7, 11) is 3.71. The highest BCUT2D eigenvalue weighted by molar-refractivity contribution is 6.06. The van der Waals surface area contributed by atoms with Crippen molar-refractivity contribution in [3.05, 3.63) is 58.1 Å². The number of likely N-dealkylation sites (N-methyl/N-ethyl adjacent to an activating group) is 2. The summed E-state index contributed by atoms with van der Waals surface area (Å²) in [5.74, 6) is 0.190. The minimum absolute atomic E-state index is 0.0208. The third kappa shape index (κ3) is 2.87. The van der Waals surface area contributed by atoms with Gasteiger partial charge in [0, 0.05) is 24.6 Å². The highest BCUT2D eigenvalue weighted by Crippen LogP contribution is 2.65. The van der Waals surface area contributed by atoms with Gasteiger partial charge in [-0.3, -0.25) is 14.5 Å². The molecule has 1 amide bonds. The number of carbonyl (C=O) groups excluding carboxylic acids is 2. The number of rotatable bonds is 4. The molecule has 2 unspecified atom stereocenters. The molecule has 2 fully saturated rings. The number of amides is 1. The number of aryl methyl sites for hydroxylation is 3. The lowest BCUT2D eigenvalue weighted by atomic mass is 9.48. The Morgan fingerprint density at radius 3 is 2.72 bits per heavy atom. The average molecular weight is 491 g/mol. The van der Waals surface area contributed by atoms with Crippen LogP contribution in [0.15, 0.2) is 30.3 Å². The van der Waals surface area contributed by atoms with Gasteiger partial charge in [-0.1, -0.05) is 18.2 Å². The maximum absolute atomic E-state index is 13.6. The monoisotopic (exact) mass is 490 g/mol. The van der Waals surface area contributed by atoms with Crippen LogP contribution in [0.5, 0.6) is 11.5 Å². The number of phenolic OH excluding ortho intramolecular Hbond substituents is 1. The van der Waals surface area contributed by atoms with Gasteiger partial charge in [0.2, 0.25) is 5.91 Å². The Hall–Kier alpha value is -2.90. The van der Waals surface area contributed by atoms with Gasteiger partial charge in [0.15, 0.2) is 17.3 Å². The first-order valence-electron chi connectivity index (χ1n) is 12.9. The first-order valence-corrected chi connectivity index (χ1v) is 12.9. The van der Waals surface area contributed by atoms with E-state index in [-0.39, 0.29) is 23.5 Å². The molecule has 0 radical (unpaired) electrons. The van der Waals surface area contributed by atoms with Crippen molar-refractivity contribution in [1.82, 2.24) is 9.80 Å². The van der Waals surface area contributed by atoms with Crippen LogP contribution in [0, 0.1) is 13.8 Å². The lowest BCUT2D eigenvalue weighted by molar-refractivity contribution is -0.185. The van der Waals surface area contributed by atoms with Crippen LogP contribution in [-0.4, -0.2) is 76.1 Å². The third-order valence-corrected chi connectivity index (χ3v) is 9.61. The number of ketones is 1. The highest BCUT2D eigenvalue weighted by Gasteiger charge is 2.75. The molecule has 4 aliphatic rings. The molecule has 2 aromatic carbocycles. The lowest BCUT2D eigenvalue weighted by Crippen LogP contribution is -2.79. The van der Waals surface area contributed by atoms with E-state index in [1.54, 1.807) is 11.0 Å². The van der Waals surface area contributed by atoms with Crippen LogP contribution in [-0.2, 0) is 16.6 Å². The number of aromatic hydroxyl groups is 1. The Morgan fingerprint density at radius 1 is 1.19 bits per heavy atom. The molecule has 2 bridgehead atoms. The Bertz CT molecular complexity index is 1290. The lowest BCUT2D eigenvalue weighted by Gasteiger charge is -2.63. The van der Waals surface area contributed by atoms with Crippen LogP contribution in [0.4, 0.5) is 0 Å². The van der Waals surface area contributed by atoms with Crippen molar-refractivity contribution in [1.29, 1.82) is 0 Å². The summed E-state index contributed by atoms with van der Waals surface area (Å²) in [6, 6.07) is 8.55. The standard InChI is InChI=1S/C29H34N2O5/c1-16-5-6-18(15-17(16)2)7-10-22(33)31(4)20-11-12-29(35)26-24(34)19-8-9-21(32)25-23(19)28(29,27(20)36-25)13-14-30(26)3/h5-6,8-9,15,20,26-27,32,35H,7,10-14H2,1-4H3/t20?,26-,27?,28+,29-/m1/s1. The number of hydrogen-bond donors (Lipinski definition) is 2. The quantitative estimate of drug-likeness (QED) is 0.685. The van der Waals surface area contributed by atoms with Gasteiger partial charge >= 0.3 is 0 Å². The minimum atomic E-state index is -1.31. The number of hydrogen-bond acceptors (Lipinski definition) is 6. The maximum Gasteiger partial charge on any atom is 0.223 e. The van der Waals surface area contributed by atoms with E-state index in [9.17, 15) is 19.8 Å². The van der Waals surface area contributed by atoms with E-state index in [1.165, 1.54) is 17.2 Å². The molecule has 1 spiro atoms. The predicted molar refractivity (Wildman–Crippen MR) is 135 cm³/mol. The van der Waals surface area contributed by atoms with E-state index in [0.29, 0.717) is 55.5 Å². The van der Waals surface area contributed by atoms with Crippen LogP contribution in [0.25, 0.3) is 0 Å². The number of nitrogens with zero attached hydrogens (tertiary/aromatic N) is 2. The Kier molecular flexibility index (Phi) is 5.09. The number of carbonyl (C=O) groups is 2. The fourth-order valence-electron chi connectivity index (χ4n) is 7.56. The average Bonchev–Trinajstić information content (AvgIpc) is 3.20. The Morgan fingerprint density at radius 2 is 1.97 bits per heavy atom. The van der Waals surface area contributed by atoms with E-state index < -0.39 is 23.2 Å². The van der Waals surface area contributed by atoms with Crippen molar-refractivity contribution in [2.75, 3.05) is 20.6 Å². The van der Waals surface area contributed by atoms with Crippen LogP contribution >= 0.6 is 0 Å². The fourth-order valence-corrected chi connectivity index (χ4v) is 7.56. The Labute approximate surface area is 211 Å². The summed E-state index contributed by atoms with van der Waals surface area (Å²) in [6.45, 7) is 4.79. The Balaban J connectivity index is 1.34. The number of ether oxygens (including phenoxy) is 1. The molecule has 190 valence electrons. The molecule has 6 rings (SSSR count). The molecule has 2 aromatic rings. The number of benzene rings is 2. The van der Waals surface area contributed by atoms with Crippen molar-refractivity contribution in [2.45, 2.75) is 75.2 Å². The normalized spacial score (nSPS) is 32.1. The summed E-state index contributed by atoms with van der Waals surface area (Å²) in [4.78, 5) is 30.7. The predicted octanol–water partition coefficient (Wildman–Crippen LogP) is 2.89. The number of likely N-dealkylation sites (tertiary alicyclic amines) is 1. The molecular formula is C29H34N2O5. The van der Waals surface area contributed by atoms with Crippen LogP contribution in [0.1, 0.15) is 58.3 Å². The summed E-state index contributed by atoms with van der Waals surface area (Å²) in [5.41, 5.74) is 2.61. The van der Waals surface area contributed by atoms with E-state index in [0.717, 1.165) is 5.56 Å². The maximum atomic E-state index is 13.6. The summed E-state index contributed by atoms with van der Waals surface area (Å²) in [6.07, 6.45) is 2.02. The van der Waals surface area contributed by atoms with Gasteiger partial charge in [0.05, 0.1) is 11.5 Å². The van der Waals surface area contributed by atoms with Gasteiger partial charge < -0.3 is 19.8 Å². The van der Waals surface area contributed by atoms with Crippen molar-refractivity contribution in [3.8, 4) is 11.5 Å². The second-order valence-electron chi connectivity index (χ2n) is 11.3. The van der Waals surface area contributed by atoms with Crippen molar-refractivity contribution >= 4 is 11.7 Å². The van der Waals surface area contributed by atoms with Gasteiger partial charge in [-0.15, -0.1) is 0 Å². The zero-order valence-electron chi connectivity index (χ0n) is 21.4. The van der Waals surface area contributed by atoms with Gasteiger partial charge in [-0.2, -0.15) is 0 Å². The van der Waals surface area contributed by atoms with Crippen LogP contribution in [0.3, 0.4) is 0 Å². The summed E-state index contributed by atoms with van der Waals surface area (Å²) < 4.78 is 6.46. The first-order chi connectivity index (χ1) is 17.1. The molecule has 1 saturated carbocycles. The molecule has 2 aliphatic heterocycles. The van der Waals surface area contributed by atoms with Gasteiger partial charge in [0.1, 0.15) is 17.7 Å². The third-order valence-electron chi connectivity index (χ3n) is 9.61. The molecule has 2 aliphatic carbocycles. The summed E-state index contributed by atoms with van der Waals surface area (Å²) in [5, 5.41) is 23.0. The molecule has 7 nitrogen and oxygen atoms in total. The molecule has 36 heavy (non-hydrogen) atoms. The zero-order chi connectivity index (χ0) is 25.6. The van der Waals surface area contributed by atoms with Gasteiger partial charge in [-0.25, -0.2) is 0 Å². The van der Waals surface area contributed by atoms with Crippen LogP contribution in [0.2, 0.25) is 0 Å². The number of aliphatic hydroxyl groups is 1. The number of piperidine rings is 1. The molecule has 7 heteroatoms. The summed E-state index contributed by atoms with van der Waals surface area (Å²) >= 11 is 0. The van der Waals surface area contributed by atoms with E-state index >= 15 is 0 Å². The number of phenols is 1.